The second-order valence-electron chi connectivity index (χ2n) is 6.26. The molecule has 2 heteroatoms. The molecule has 1 aliphatic rings. The molecule has 1 nitrogen and oxygen atoms in total. The molecule has 1 aliphatic heterocycles. The van der Waals surface area contributed by atoms with Gasteiger partial charge in [-0.05, 0) is 60.9 Å². The average molecular weight is 299 g/mol. The highest BCUT2D eigenvalue weighted by Gasteiger charge is 2.38. The number of hydrogen-bond donors (Lipinski definition) is 1. The Hall–Kier alpha value is -0.990. The van der Waals surface area contributed by atoms with Crippen molar-refractivity contribution in [1.29, 1.82) is 0 Å². The molecule has 0 radical (unpaired) electrons. The van der Waals surface area contributed by atoms with Gasteiger partial charge in [-0.15, -0.1) is 0 Å². The van der Waals surface area contributed by atoms with Crippen molar-refractivity contribution in [3.05, 3.63) is 48.0 Å². The van der Waals surface area contributed by atoms with E-state index >= 15 is 0 Å². The van der Waals surface area contributed by atoms with Crippen LogP contribution in [0.4, 0.5) is 0 Å². The Morgan fingerprint density at radius 2 is 2.00 bits per heavy atom. The number of fused-ring (bicyclic) bond motifs is 1. The summed E-state index contributed by atoms with van der Waals surface area (Å²) in [4.78, 5) is 0. The summed E-state index contributed by atoms with van der Waals surface area (Å²) >= 11 is 2.14. The van der Waals surface area contributed by atoms with Crippen LogP contribution in [0.2, 0.25) is 0 Å². The molecule has 1 heterocycles. The van der Waals surface area contributed by atoms with Crippen molar-refractivity contribution in [2.45, 2.75) is 43.9 Å². The fourth-order valence-electron chi connectivity index (χ4n) is 3.39. The molecule has 1 saturated heterocycles. The van der Waals surface area contributed by atoms with E-state index in [2.05, 4.69) is 73.4 Å². The van der Waals surface area contributed by atoms with E-state index in [1.165, 1.54) is 41.4 Å². The Kier molecular flexibility index (Phi) is 4.56. The van der Waals surface area contributed by atoms with Crippen LogP contribution in [0, 0.1) is 0 Å². The lowest BCUT2D eigenvalue weighted by Gasteiger charge is -2.35. The topological polar surface area (TPSA) is 12.0 Å². The van der Waals surface area contributed by atoms with Crippen molar-refractivity contribution in [3.8, 4) is 0 Å². The van der Waals surface area contributed by atoms with Gasteiger partial charge in [-0.3, -0.25) is 0 Å². The zero-order valence-electron chi connectivity index (χ0n) is 13.1. The molecule has 0 bridgehead atoms. The molecule has 2 unspecified atom stereocenters. The number of thioether (sulfide) groups is 1. The maximum Gasteiger partial charge on any atom is 0.0466 e. The largest absolute Gasteiger partial charge is 0.309 e. The molecule has 112 valence electrons. The van der Waals surface area contributed by atoms with Gasteiger partial charge >= 0.3 is 0 Å². The summed E-state index contributed by atoms with van der Waals surface area (Å²) in [6.45, 7) is 5.77. The normalized spacial score (nSPS) is 23.5. The molecule has 1 fully saturated rings. The van der Waals surface area contributed by atoms with Crippen LogP contribution in [0.15, 0.2) is 42.5 Å². The van der Waals surface area contributed by atoms with Crippen molar-refractivity contribution in [1.82, 2.24) is 5.32 Å². The van der Waals surface area contributed by atoms with Gasteiger partial charge in [0.1, 0.15) is 0 Å². The van der Waals surface area contributed by atoms with Gasteiger partial charge in [0.2, 0.25) is 0 Å². The zero-order valence-corrected chi connectivity index (χ0v) is 13.9. The maximum atomic E-state index is 3.81. The molecule has 3 rings (SSSR count). The minimum absolute atomic E-state index is 0.331. The maximum absolute atomic E-state index is 3.81. The molecule has 0 amide bonds. The first kappa shape index (κ1) is 14.9. The van der Waals surface area contributed by atoms with Crippen molar-refractivity contribution in [2.24, 2.45) is 0 Å². The highest BCUT2D eigenvalue weighted by Crippen LogP contribution is 2.46. The van der Waals surface area contributed by atoms with Crippen molar-refractivity contribution in [2.75, 3.05) is 12.3 Å². The highest BCUT2D eigenvalue weighted by molar-refractivity contribution is 8.00. The Balaban J connectivity index is 1.96. The van der Waals surface area contributed by atoms with Crippen LogP contribution in [0.25, 0.3) is 10.8 Å². The summed E-state index contributed by atoms with van der Waals surface area (Å²) < 4.78 is 0.331. The molecule has 2 aromatic carbocycles. The van der Waals surface area contributed by atoms with Crippen LogP contribution in [0.1, 0.15) is 44.7 Å². The van der Waals surface area contributed by atoms with E-state index < -0.39 is 0 Å². The van der Waals surface area contributed by atoms with Crippen LogP contribution < -0.4 is 5.32 Å². The third-order valence-corrected chi connectivity index (χ3v) is 6.16. The molecular formula is C19H25NS. The summed E-state index contributed by atoms with van der Waals surface area (Å²) in [6, 6.07) is 16.1. The molecule has 0 aromatic heterocycles. The first-order chi connectivity index (χ1) is 10.2. The zero-order chi connectivity index (χ0) is 14.7. The second-order valence-corrected chi connectivity index (χ2v) is 7.89. The number of hydrogen-bond acceptors (Lipinski definition) is 2. The predicted molar refractivity (Wildman–Crippen MR) is 95.1 cm³/mol. The van der Waals surface area contributed by atoms with Gasteiger partial charge in [0.05, 0.1) is 0 Å². The lowest BCUT2D eigenvalue weighted by atomic mass is 9.89. The Morgan fingerprint density at radius 1 is 1.19 bits per heavy atom. The minimum Gasteiger partial charge on any atom is -0.309 e. The third kappa shape index (κ3) is 3.12. The molecule has 0 aliphatic carbocycles. The average Bonchev–Trinajstić information content (AvgIpc) is 2.95. The van der Waals surface area contributed by atoms with E-state index in [-0.39, 0.29) is 0 Å². The molecule has 0 saturated carbocycles. The predicted octanol–water partition coefficient (Wildman–Crippen LogP) is 5.17. The monoisotopic (exact) mass is 299 g/mol. The summed E-state index contributed by atoms with van der Waals surface area (Å²) in [5.74, 6) is 1.30. The molecule has 21 heavy (non-hydrogen) atoms. The summed E-state index contributed by atoms with van der Waals surface area (Å²) in [5, 5.41) is 6.50. The molecule has 2 aromatic rings. The van der Waals surface area contributed by atoms with Crippen LogP contribution in [0.3, 0.4) is 0 Å². The number of rotatable bonds is 5. The second kappa shape index (κ2) is 6.41. The molecule has 1 N–H and O–H groups in total. The Labute approximate surface area is 132 Å². The van der Waals surface area contributed by atoms with Gasteiger partial charge in [-0.25, -0.2) is 0 Å². The fraction of sp³-hybridized carbons (Fsp3) is 0.474. The third-order valence-electron chi connectivity index (χ3n) is 4.57. The summed E-state index contributed by atoms with van der Waals surface area (Å²) in [7, 11) is 0. The van der Waals surface area contributed by atoms with E-state index in [0.29, 0.717) is 10.8 Å². The lowest BCUT2D eigenvalue weighted by molar-refractivity contribution is 0.413. The van der Waals surface area contributed by atoms with E-state index in [9.17, 15) is 0 Å². The van der Waals surface area contributed by atoms with Gasteiger partial charge in [0, 0.05) is 10.8 Å². The lowest BCUT2D eigenvalue weighted by Crippen LogP contribution is -2.38. The van der Waals surface area contributed by atoms with Crippen LogP contribution in [0.5, 0.6) is 0 Å². The van der Waals surface area contributed by atoms with Gasteiger partial charge in [-0.1, -0.05) is 43.3 Å². The summed E-state index contributed by atoms with van der Waals surface area (Å²) in [5.41, 5.74) is 1.44. The van der Waals surface area contributed by atoms with E-state index in [0.717, 1.165) is 6.54 Å². The molecule has 0 spiro atoms. The van der Waals surface area contributed by atoms with Gasteiger partial charge in [0.25, 0.3) is 0 Å². The Morgan fingerprint density at radius 3 is 2.71 bits per heavy atom. The van der Waals surface area contributed by atoms with Gasteiger partial charge < -0.3 is 5.32 Å². The van der Waals surface area contributed by atoms with Gasteiger partial charge in [0.15, 0.2) is 0 Å². The van der Waals surface area contributed by atoms with E-state index in [1.54, 1.807) is 0 Å². The SMILES string of the molecule is CCCNC(c1ccc2ccccc2c1)C1(C)CCCS1. The first-order valence-corrected chi connectivity index (χ1v) is 9.07. The smallest absolute Gasteiger partial charge is 0.0466 e. The van der Waals surface area contributed by atoms with Gasteiger partial charge in [-0.2, -0.15) is 11.8 Å². The number of benzene rings is 2. The minimum atomic E-state index is 0.331. The van der Waals surface area contributed by atoms with E-state index in [4.69, 9.17) is 0 Å². The Bertz CT molecular complexity index is 601. The molecule has 2 atom stereocenters. The van der Waals surface area contributed by atoms with Crippen molar-refractivity contribution in [3.63, 3.8) is 0 Å². The number of nitrogens with one attached hydrogen (secondary N) is 1. The first-order valence-electron chi connectivity index (χ1n) is 8.09. The van der Waals surface area contributed by atoms with Crippen LogP contribution in [-0.2, 0) is 0 Å². The van der Waals surface area contributed by atoms with E-state index in [1.807, 2.05) is 0 Å². The quantitative estimate of drug-likeness (QED) is 0.817. The van der Waals surface area contributed by atoms with Crippen molar-refractivity contribution < 1.29 is 0 Å². The van der Waals surface area contributed by atoms with Crippen LogP contribution >= 0.6 is 11.8 Å². The summed E-state index contributed by atoms with van der Waals surface area (Å²) in [6.07, 6.45) is 3.84. The molecular weight excluding hydrogens is 274 g/mol. The van der Waals surface area contributed by atoms with Crippen LogP contribution in [-0.4, -0.2) is 17.0 Å². The highest BCUT2D eigenvalue weighted by atomic mass is 32.2. The fourth-order valence-corrected chi connectivity index (χ4v) is 4.82. The standard InChI is InChI=1S/C19H25NS/c1-3-12-20-18(19(2)11-6-13-21-19)17-10-9-15-7-4-5-8-16(15)14-17/h4-5,7-10,14,18,20H,3,6,11-13H2,1-2H3. The van der Waals surface area contributed by atoms with Crippen molar-refractivity contribution >= 4 is 22.5 Å².